The van der Waals surface area contributed by atoms with Crippen LogP contribution in [0.15, 0.2) is 0 Å². The Bertz CT molecular complexity index is 198. The topological polar surface area (TPSA) is 29.5 Å². The highest BCUT2D eigenvalue weighted by atomic mass is 16.6. The van der Waals surface area contributed by atoms with Crippen molar-refractivity contribution < 1.29 is 9.53 Å². The summed E-state index contributed by atoms with van der Waals surface area (Å²) >= 11 is 0. The summed E-state index contributed by atoms with van der Waals surface area (Å²) in [4.78, 5) is 12.5. The summed E-state index contributed by atoms with van der Waals surface area (Å²) in [6.45, 7) is 9.72. The Morgan fingerprint density at radius 1 is 1.43 bits per heavy atom. The normalized spacial score (nSPS) is 9.21. The molecular weight excluding hydrogens is 178 g/mol. The zero-order valence-electron chi connectivity index (χ0n) is 10.0. The van der Waals surface area contributed by atoms with Crippen LogP contribution in [-0.4, -0.2) is 30.2 Å². The van der Waals surface area contributed by atoms with E-state index in [1.54, 1.807) is 7.05 Å². The molecule has 0 fully saturated rings. The number of nitrogens with zero attached hydrogens (tertiary/aromatic N) is 1. The van der Waals surface area contributed by atoms with E-state index in [0.717, 1.165) is 0 Å². The molecule has 0 heterocycles. The summed E-state index contributed by atoms with van der Waals surface area (Å²) in [6, 6.07) is 0. The molecule has 0 unspecified atom stereocenters. The van der Waals surface area contributed by atoms with Gasteiger partial charge in [0.25, 0.3) is 0 Å². The minimum atomic E-state index is -0.458. The van der Waals surface area contributed by atoms with Crippen LogP contribution in [0.4, 0.5) is 4.79 Å². The van der Waals surface area contributed by atoms with E-state index in [2.05, 4.69) is 5.92 Å². The van der Waals surface area contributed by atoms with Gasteiger partial charge in [0.1, 0.15) is 5.60 Å². The summed E-state index contributed by atoms with van der Waals surface area (Å²) in [5.41, 5.74) is -0.458. The lowest BCUT2D eigenvalue weighted by Crippen LogP contribution is -2.34. The number of ether oxygens (including phenoxy) is 1. The van der Waals surface area contributed by atoms with Crippen LogP contribution in [0.3, 0.4) is 0 Å². The summed E-state index contributed by atoms with van der Waals surface area (Å²) < 4.78 is 5.04. The smallest absolute Gasteiger partial charge is 0.410 e. The van der Waals surface area contributed by atoms with Crippen molar-refractivity contribution in [1.82, 2.24) is 4.90 Å². The third kappa shape index (κ3) is 8.92. The molecule has 0 aliphatic carbocycles. The average molecular weight is 199 g/mol. The number of hydrogen-bond donors (Lipinski definition) is 0. The molecule has 82 valence electrons. The van der Waals surface area contributed by atoms with E-state index in [1.807, 2.05) is 34.6 Å². The van der Waals surface area contributed by atoms with Gasteiger partial charge in [-0.05, 0) is 20.8 Å². The SMILES string of the molecule is C#CCN(C)C(=O)OC(C)(C)C.CC. The predicted octanol–water partition coefficient (Wildman–Crippen LogP) is 2.51. The van der Waals surface area contributed by atoms with Crippen LogP contribution in [0.1, 0.15) is 34.6 Å². The zero-order valence-corrected chi connectivity index (χ0v) is 10.0. The van der Waals surface area contributed by atoms with E-state index in [-0.39, 0.29) is 12.6 Å². The van der Waals surface area contributed by atoms with Crippen LogP contribution in [0.2, 0.25) is 0 Å². The fourth-order valence-electron chi connectivity index (χ4n) is 0.541. The number of amides is 1. The molecule has 3 nitrogen and oxygen atoms in total. The first kappa shape index (κ1) is 15.3. The van der Waals surface area contributed by atoms with Gasteiger partial charge in [-0.1, -0.05) is 19.8 Å². The summed E-state index contributed by atoms with van der Waals surface area (Å²) in [6.07, 6.45) is 4.64. The van der Waals surface area contributed by atoms with E-state index in [0.29, 0.717) is 0 Å². The number of rotatable bonds is 1. The van der Waals surface area contributed by atoms with Gasteiger partial charge in [0.15, 0.2) is 0 Å². The molecule has 0 aliphatic heterocycles. The molecule has 0 spiro atoms. The second-order valence-corrected chi connectivity index (χ2v) is 3.54. The van der Waals surface area contributed by atoms with Gasteiger partial charge < -0.3 is 9.64 Å². The van der Waals surface area contributed by atoms with E-state index in [4.69, 9.17) is 11.2 Å². The van der Waals surface area contributed by atoms with Crippen LogP contribution in [0.5, 0.6) is 0 Å². The third-order valence-electron chi connectivity index (χ3n) is 1.03. The highest BCUT2D eigenvalue weighted by Gasteiger charge is 2.18. The van der Waals surface area contributed by atoms with Gasteiger partial charge in [0, 0.05) is 7.05 Å². The molecule has 0 rings (SSSR count). The van der Waals surface area contributed by atoms with Crippen LogP contribution >= 0.6 is 0 Å². The van der Waals surface area contributed by atoms with Crippen molar-refractivity contribution in [3.05, 3.63) is 0 Å². The van der Waals surface area contributed by atoms with Crippen molar-refractivity contribution in [1.29, 1.82) is 0 Å². The standard InChI is InChI=1S/C9H15NO2.C2H6/c1-6-7-10(5)8(11)12-9(2,3)4;1-2/h1H,7H2,2-5H3;1-2H3. The van der Waals surface area contributed by atoms with Crippen LogP contribution in [0.25, 0.3) is 0 Å². The van der Waals surface area contributed by atoms with Gasteiger partial charge in [-0.2, -0.15) is 0 Å². The van der Waals surface area contributed by atoms with Crippen molar-refractivity contribution in [2.24, 2.45) is 0 Å². The molecule has 14 heavy (non-hydrogen) atoms. The fourth-order valence-corrected chi connectivity index (χ4v) is 0.541. The molecule has 0 atom stereocenters. The minimum absolute atomic E-state index is 0.273. The Labute approximate surface area is 87.4 Å². The van der Waals surface area contributed by atoms with Gasteiger partial charge >= 0.3 is 6.09 Å². The molecular formula is C11H21NO2. The van der Waals surface area contributed by atoms with E-state index >= 15 is 0 Å². The zero-order chi connectivity index (χ0) is 11.8. The Morgan fingerprint density at radius 3 is 2.14 bits per heavy atom. The molecule has 0 aromatic heterocycles. The van der Waals surface area contributed by atoms with E-state index < -0.39 is 5.60 Å². The van der Waals surface area contributed by atoms with E-state index in [1.165, 1.54) is 4.90 Å². The first-order valence-corrected chi connectivity index (χ1v) is 4.74. The maximum absolute atomic E-state index is 11.2. The monoisotopic (exact) mass is 199 g/mol. The van der Waals surface area contributed by atoms with Gasteiger partial charge in [-0.25, -0.2) is 4.79 Å². The molecule has 0 radical (unpaired) electrons. The first-order chi connectivity index (χ1) is 6.37. The minimum Gasteiger partial charge on any atom is -0.444 e. The summed E-state index contributed by atoms with van der Waals surface area (Å²) in [7, 11) is 1.61. The largest absolute Gasteiger partial charge is 0.444 e. The van der Waals surface area contributed by atoms with Crippen molar-refractivity contribution in [3.8, 4) is 12.3 Å². The van der Waals surface area contributed by atoms with Crippen molar-refractivity contribution in [3.63, 3.8) is 0 Å². The molecule has 0 saturated carbocycles. The Balaban J connectivity index is 0. The lowest BCUT2D eigenvalue weighted by Gasteiger charge is -2.23. The van der Waals surface area contributed by atoms with Crippen LogP contribution in [-0.2, 0) is 4.74 Å². The summed E-state index contributed by atoms with van der Waals surface area (Å²) in [5, 5.41) is 0. The molecule has 0 bridgehead atoms. The number of carbonyl (C=O) groups excluding carboxylic acids is 1. The Hall–Kier alpha value is -1.17. The van der Waals surface area contributed by atoms with Crippen molar-refractivity contribution in [2.45, 2.75) is 40.2 Å². The molecule has 0 aliphatic rings. The quantitative estimate of drug-likeness (QED) is 0.607. The molecule has 0 aromatic rings. The average Bonchev–Trinajstić information content (AvgIpc) is 2.05. The third-order valence-corrected chi connectivity index (χ3v) is 1.03. The predicted molar refractivity (Wildman–Crippen MR) is 59.0 cm³/mol. The first-order valence-electron chi connectivity index (χ1n) is 4.74. The molecule has 0 aromatic carbocycles. The van der Waals surface area contributed by atoms with Crippen molar-refractivity contribution in [2.75, 3.05) is 13.6 Å². The lowest BCUT2D eigenvalue weighted by atomic mass is 10.2. The second-order valence-electron chi connectivity index (χ2n) is 3.54. The number of hydrogen-bond acceptors (Lipinski definition) is 2. The maximum Gasteiger partial charge on any atom is 0.410 e. The van der Waals surface area contributed by atoms with Gasteiger partial charge in [-0.15, -0.1) is 6.42 Å². The van der Waals surface area contributed by atoms with Crippen LogP contribution < -0.4 is 0 Å². The summed E-state index contributed by atoms with van der Waals surface area (Å²) in [5.74, 6) is 2.36. The molecule has 0 N–H and O–H groups in total. The Kier molecular flexibility index (Phi) is 7.93. The molecule has 0 saturated heterocycles. The van der Waals surface area contributed by atoms with Gasteiger partial charge in [-0.3, -0.25) is 0 Å². The molecule has 3 heteroatoms. The maximum atomic E-state index is 11.2. The fraction of sp³-hybridized carbons (Fsp3) is 0.727. The second kappa shape index (κ2) is 7.25. The van der Waals surface area contributed by atoms with Gasteiger partial charge in [0.05, 0.1) is 6.54 Å². The van der Waals surface area contributed by atoms with Crippen LogP contribution in [0, 0.1) is 12.3 Å². The highest BCUT2D eigenvalue weighted by Crippen LogP contribution is 2.08. The number of terminal acetylenes is 1. The highest BCUT2D eigenvalue weighted by molar-refractivity contribution is 5.68. The molecule has 1 amide bonds. The Morgan fingerprint density at radius 2 is 1.86 bits per heavy atom. The van der Waals surface area contributed by atoms with Gasteiger partial charge in [0.2, 0.25) is 0 Å². The van der Waals surface area contributed by atoms with Crippen molar-refractivity contribution >= 4 is 6.09 Å². The van der Waals surface area contributed by atoms with E-state index in [9.17, 15) is 4.79 Å². The lowest BCUT2D eigenvalue weighted by molar-refractivity contribution is 0.0321. The number of carbonyl (C=O) groups is 1.